The molecule has 4 rings (SSSR count). The van der Waals surface area contributed by atoms with Crippen molar-refractivity contribution in [3.8, 4) is 29.5 Å². The number of nitrogens with one attached hydrogen (secondary N) is 1. The lowest BCUT2D eigenvalue weighted by atomic mass is 9.93. The van der Waals surface area contributed by atoms with Gasteiger partial charge in [0, 0.05) is 42.0 Å². The zero-order valence-corrected chi connectivity index (χ0v) is 16.8. The molecule has 3 heterocycles. The summed E-state index contributed by atoms with van der Waals surface area (Å²) in [7, 11) is 0. The average Bonchev–Trinajstić information content (AvgIpc) is 2.79. The van der Waals surface area contributed by atoms with Crippen molar-refractivity contribution >= 4 is 0 Å². The van der Waals surface area contributed by atoms with E-state index in [-0.39, 0.29) is 18.1 Å². The summed E-state index contributed by atoms with van der Waals surface area (Å²) >= 11 is 0. The molecule has 6 heteroatoms. The smallest absolute Gasteiger partial charge is 0.251 e. The van der Waals surface area contributed by atoms with Crippen molar-refractivity contribution < 1.29 is 4.74 Å². The summed E-state index contributed by atoms with van der Waals surface area (Å²) in [6.45, 7) is 2.96. The van der Waals surface area contributed by atoms with Gasteiger partial charge in [-0.2, -0.15) is 0 Å². The minimum Gasteiger partial charge on any atom is -0.481 e. The molecule has 0 unspecified atom stereocenters. The summed E-state index contributed by atoms with van der Waals surface area (Å²) in [6.07, 6.45) is 10.6. The Morgan fingerprint density at radius 2 is 2.03 bits per heavy atom. The molecule has 0 aliphatic carbocycles. The molecular weight excluding hydrogens is 376 g/mol. The van der Waals surface area contributed by atoms with Gasteiger partial charge in [-0.25, -0.2) is 4.98 Å². The fourth-order valence-electron chi connectivity index (χ4n) is 3.85. The lowest BCUT2D eigenvalue weighted by molar-refractivity contribution is 0.200. The number of hydrogen-bond acceptors (Lipinski definition) is 5. The maximum atomic E-state index is 12.2. The summed E-state index contributed by atoms with van der Waals surface area (Å²) in [4.78, 5) is 26.3. The topological polar surface area (TPSA) is 71.1 Å². The van der Waals surface area contributed by atoms with Crippen LogP contribution in [0.5, 0.6) is 5.75 Å². The second kappa shape index (κ2) is 9.38. The van der Waals surface area contributed by atoms with Gasteiger partial charge in [-0.3, -0.25) is 14.7 Å². The molecule has 0 amide bonds. The van der Waals surface area contributed by atoms with Crippen molar-refractivity contribution in [2.24, 2.45) is 0 Å². The Labute approximate surface area is 176 Å². The Balaban J connectivity index is 1.43. The van der Waals surface area contributed by atoms with E-state index in [4.69, 9.17) is 16.1 Å². The molecule has 0 saturated carbocycles. The van der Waals surface area contributed by atoms with Gasteiger partial charge in [0.05, 0.1) is 5.69 Å². The first kappa shape index (κ1) is 19.9. The molecule has 1 saturated heterocycles. The molecule has 1 aromatic carbocycles. The van der Waals surface area contributed by atoms with Crippen LogP contribution in [0.3, 0.4) is 0 Å². The van der Waals surface area contributed by atoms with Gasteiger partial charge >= 0.3 is 0 Å². The fourth-order valence-corrected chi connectivity index (χ4v) is 3.85. The summed E-state index contributed by atoms with van der Waals surface area (Å²) in [5.41, 5.74) is 2.69. The Morgan fingerprint density at radius 1 is 1.20 bits per heavy atom. The van der Waals surface area contributed by atoms with Crippen LogP contribution in [0.25, 0.3) is 11.4 Å². The van der Waals surface area contributed by atoms with Crippen molar-refractivity contribution in [1.82, 2.24) is 19.9 Å². The number of ether oxygens (including phenoxy) is 1. The van der Waals surface area contributed by atoms with Gasteiger partial charge in [0.2, 0.25) is 0 Å². The number of aromatic nitrogens is 3. The lowest BCUT2D eigenvalue weighted by Crippen LogP contribution is -2.33. The van der Waals surface area contributed by atoms with Gasteiger partial charge in [-0.15, -0.1) is 6.42 Å². The number of likely N-dealkylation sites (tertiary alicyclic amines) is 1. The van der Waals surface area contributed by atoms with Crippen molar-refractivity contribution in [2.75, 3.05) is 19.7 Å². The molecule has 1 fully saturated rings. The van der Waals surface area contributed by atoms with Crippen LogP contribution < -0.4 is 10.3 Å². The number of pyridine rings is 1. The molecule has 0 spiro atoms. The van der Waals surface area contributed by atoms with E-state index < -0.39 is 0 Å². The number of piperidine rings is 1. The normalized spacial score (nSPS) is 14.9. The van der Waals surface area contributed by atoms with Crippen molar-refractivity contribution in [1.29, 1.82) is 0 Å². The largest absolute Gasteiger partial charge is 0.481 e. The Morgan fingerprint density at radius 3 is 2.80 bits per heavy atom. The van der Waals surface area contributed by atoms with E-state index in [9.17, 15) is 4.79 Å². The van der Waals surface area contributed by atoms with E-state index in [0.29, 0.717) is 5.82 Å². The highest BCUT2D eigenvalue weighted by molar-refractivity contribution is 5.52. The van der Waals surface area contributed by atoms with Crippen LogP contribution >= 0.6 is 0 Å². The van der Waals surface area contributed by atoms with Crippen LogP contribution in [0.15, 0.2) is 59.7 Å². The predicted octanol–water partition coefficient (Wildman–Crippen LogP) is 3.22. The first-order chi connectivity index (χ1) is 14.7. The van der Waals surface area contributed by atoms with Crippen LogP contribution in [0.1, 0.15) is 30.0 Å². The van der Waals surface area contributed by atoms with Gasteiger partial charge in [0.1, 0.15) is 18.2 Å². The zero-order valence-electron chi connectivity index (χ0n) is 16.8. The third kappa shape index (κ3) is 4.76. The highest BCUT2D eigenvalue weighted by Crippen LogP contribution is 2.29. The zero-order chi connectivity index (χ0) is 20.8. The second-order valence-corrected chi connectivity index (χ2v) is 7.41. The average molecular weight is 400 g/mol. The number of rotatable bonds is 6. The van der Waals surface area contributed by atoms with Crippen molar-refractivity contribution in [3.63, 3.8) is 0 Å². The molecule has 1 aliphatic rings. The molecule has 0 bridgehead atoms. The van der Waals surface area contributed by atoms with Gasteiger partial charge in [0.15, 0.2) is 0 Å². The van der Waals surface area contributed by atoms with Gasteiger partial charge < -0.3 is 9.72 Å². The monoisotopic (exact) mass is 400 g/mol. The maximum Gasteiger partial charge on any atom is 0.251 e. The van der Waals surface area contributed by atoms with E-state index in [1.807, 2.05) is 30.3 Å². The number of benzene rings is 1. The summed E-state index contributed by atoms with van der Waals surface area (Å²) in [6, 6.07) is 13.4. The van der Waals surface area contributed by atoms with E-state index in [1.165, 1.54) is 0 Å². The van der Waals surface area contributed by atoms with Crippen molar-refractivity contribution in [3.05, 3.63) is 76.5 Å². The minimum absolute atomic E-state index is 0.124. The van der Waals surface area contributed by atoms with Crippen LogP contribution in [0, 0.1) is 12.3 Å². The van der Waals surface area contributed by atoms with Gasteiger partial charge in [-0.05, 0) is 44.1 Å². The van der Waals surface area contributed by atoms with E-state index in [1.54, 1.807) is 18.5 Å². The molecule has 1 N–H and O–H groups in total. The molecule has 3 aromatic rings. The summed E-state index contributed by atoms with van der Waals surface area (Å²) < 4.78 is 5.67. The van der Waals surface area contributed by atoms with Gasteiger partial charge in [0.25, 0.3) is 5.56 Å². The first-order valence-corrected chi connectivity index (χ1v) is 10.1. The predicted molar refractivity (Wildman–Crippen MR) is 116 cm³/mol. The Hall–Kier alpha value is -3.43. The molecule has 6 nitrogen and oxygen atoms in total. The SMILES string of the molecule is C#CCOc1ccccc1CN1CCC(c2cc(=O)[nH]c(-c3cccnc3)n2)CC1. The fraction of sp³-hybridized carbons (Fsp3) is 0.292. The minimum atomic E-state index is -0.124. The third-order valence-electron chi connectivity index (χ3n) is 5.38. The number of terminal acetylenes is 1. The van der Waals surface area contributed by atoms with E-state index in [0.717, 1.165) is 55.0 Å². The molecular formula is C24H24N4O2. The number of hydrogen-bond donors (Lipinski definition) is 1. The number of aromatic amines is 1. The number of H-pyrrole nitrogens is 1. The number of nitrogens with zero attached hydrogens (tertiary/aromatic N) is 3. The Bertz CT molecular complexity index is 1080. The van der Waals surface area contributed by atoms with E-state index >= 15 is 0 Å². The first-order valence-electron chi connectivity index (χ1n) is 10.1. The van der Waals surface area contributed by atoms with Crippen LogP contribution in [0.4, 0.5) is 0 Å². The molecule has 0 radical (unpaired) electrons. The maximum absolute atomic E-state index is 12.2. The van der Waals surface area contributed by atoms with Gasteiger partial charge in [-0.1, -0.05) is 24.1 Å². The molecule has 1 aliphatic heterocycles. The lowest BCUT2D eigenvalue weighted by Gasteiger charge is -2.32. The Kier molecular flexibility index (Phi) is 6.21. The van der Waals surface area contributed by atoms with E-state index in [2.05, 4.69) is 26.9 Å². The molecule has 152 valence electrons. The molecule has 30 heavy (non-hydrogen) atoms. The standard InChI is InChI=1S/C24H24N4O2/c1-2-14-30-22-8-4-3-6-20(22)17-28-12-9-18(10-13-28)21-15-23(29)27-24(26-21)19-7-5-11-25-16-19/h1,3-8,11,15-16,18H,9-10,12-14,17H2,(H,26,27,29). The van der Waals surface area contributed by atoms with Crippen LogP contribution in [-0.2, 0) is 6.54 Å². The molecule has 0 atom stereocenters. The highest BCUT2D eigenvalue weighted by atomic mass is 16.5. The van der Waals surface area contributed by atoms with Crippen LogP contribution in [0.2, 0.25) is 0 Å². The second-order valence-electron chi connectivity index (χ2n) is 7.41. The number of para-hydroxylation sites is 1. The quantitative estimate of drug-likeness (QED) is 0.644. The molecule has 2 aromatic heterocycles. The third-order valence-corrected chi connectivity index (χ3v) is 5.38. The summed E-state index contributed by atoms with van der Waals surface area (Å²) in [5.74, 6) is 4.21. The van der Waals surface area contributed by atoms with Crippen molar-refractivity contribution in [2.45, 2.75) is 25.3 Å². The van der Waals surface area contributed by atoms with Crippen LogP contribution in [-0.4, -0.2) is 39.5 Å². The highest BCUT2D eigenvalue weighted by Gasteiger charge is 2.23. The summed E-state index contributed by atoms with van der Waals surface area (Å²) in [5, 5.41) is 0.